The number of nitrogens with one attached hydrogen (secondary N) is 1. The molecular weight excluding hydrogens is 246 g/mol. The zero-order valence-corrected chi connectivity index (χ0v) is 11.3. The van der Waals surface area contributed by atoms with Gasteiger partial charge in [0.05, 0.1) is 6.04 Å². The van der Waals surface area contributed by atoms with Crippen molar-refractivity contribution < 1.29 is 19.4 Å². The van der Waals surface area contributed by atoms with Crippen molar-refractivity contribution in [1.29, 1.82) is 0 Å². The third-order valence-corrected chi connectivity index (χ3v) is 2.84. The van der Waals surface area contributed by atoms with Gasteiger partial charge in [0.15, 0.2) is 6.10 Å². The highest BCUT2D eigenvalue weighted by atomic mass is 16.5. The van der Waals surface area contributed by atoms with Crippen LogP contribution in [0.3, 0.4) is 0 Å². The number of aryl methyl sites for hydroxylation is 1. The number of amides is 1. The second-order valence-electron chi connectivity index (χ2n) is 4.44. The van der Waals surface area contributed by atoms with E-state index in [0.29, 0.717) is 0 Å². The van der Waals surface area contributed by atoms with Crippen LogP contribution in [-0.4, -0.2) is 29.7 Å². The molecule has 1 amide bonds. The molecule has 2 N–H and O–H groups in total. The Morgan fingerprint density at radius 3 is 2.53 bits per heavy atom. The average Bonchev–Trinajstić information content (AvgIpc) is 2.36. The number of hydrogen-bond donors (Lipinski definition) is 2. The number of benzene rings is 1. The Balaban J connectivity index is 2.49. The largest absolute Gasteiger partial charge is 0.479 e. The molecule has 0 aliphatic carbocycles. The molecule has 0 radical (unpaired) electrons. The predicted octanol–water partition coefficient (Wildman–Crippen LogP) is 1.66. The van der Waals surface area contributed by atoms with Gasteiger partial charge in [0.2, 0.25) is 5.91 Å². The van der Waals surface area contributed by atoms with Gasteiger partial charge in [0.25, 0.3) is 0 Å². The lowest BCUT2D eigenvalue weighted by Gasteiger charge is -2.17. The van der Waals surface area contributed by atoms with Gasteiger partial charge in [-0.25, -0.2) is 4.79 Å². The van der Waals surface area contributed by atoms with Crippen molar-refractivity contribution in [3.05, 3.63) is 35.4 Å². The predicted molar refractivity (Wildman–Crippen MR) is 70.8 cm³/mol. The van der Waals surface area contributed by atoms with Gasteiger partial charge in [-0.1, -0.05) is 24.3 Å². The standard InChI is InChI=1S/C14H19NO4/c1-9-6-4-5-7-12(9)10(2)15-13(16)8-19-11(3)14(17)18/h4-7,10-11H,8H2,1-3H3,(H,15,16)(H,17,18)/t10?,11-/m0/s1. The highest BCUT2D eigenvalue weighted by Gasteiger charge is 2.15. The molecular formula is C14H19NO4. The van der Waals surface area contributed by atoms with Crippen LogP contribution in [0.4, 0.5) is 0 Å². The summed E-state index contributed by atoms with van der Waals surface area (Å²) in [5.41, 5.74) is 2.12. The minimum Gasteiger partial charge on any atom is -0.479 e. The van der Waals surface area contributed by atoms with Gasteiger partial charge in [0.1, 0.15) is 6.61 Å². The molecule has 0 aliphatic rings. The van der Waals surface area contributed by atoms with Crippen LogP contribution in [-0.2, 0) is 14.3 Å². The fourth-order valence-electron chi connectivity index (χ4n) is 1.71. The molecule has 2 atom stereocenters. The summed E-state index contributed by atoms with van der Waals surface area (Å²) in [6, 6.07) is 7.62. The quantitative estimate of drug-likeness (QED) is 0.820. The van der Waals surface area contributed by atoms with Crippen LogP contribution in [0.15, 0.2) is 24.3 Å². The van der Waals surface area contributed by atoms with E-state index in [0.717, 1.165) is 11.1 Å². The van der Waals surface area contributed by atoms with Crippen LogP contribution in [0.25, 0.3) is 0 Å². The fraction of sp³-hybridized carbons (Fsp3) is 0.429. The van der Waals surface area contributed by atoms with Crippen LogP contribution in [0.2, 0.25) is 0 Å². The maximum atomic E-state index is 11.6. The summed E-state index contributed by atoms with van der Waals surface area (Å²) in [4.78, 5) is 22.2. The monoisotopic (exact) mass is 265 g/mol. The number of carboxylic acid groups (broad SMARTS) is 1. The average molecular weight is 265 g/mol. The van der Waals surface area contributed by atoms with E-state index in [4.69, 9.17) is 9.84 Å². The van der Waals surface area contributed by atoms with E-state index in [-0.39, 0.29) is 18.6 Å². The molecule has 1 unspecified atom stereocenters. The fourth-order valence-corrected chi connectivity index (χ4v) is 1.71. The molecule has 0 fully saturated rings. The smallest absolute Gasteiger partial charge is 0.332 e. The van der Waals surface area contributed by atoms with Gasteiger partial charge in [-0.15, -0.1) is 0 Å². The van der Waals surface area contributed by atoms with Crippen LogP contribution in [0.5, 0.6) is 0 Å². The van der Waals surface area contributed by atoms with Crippen LogP contribution < -0.4 is 5.32 Å². The maximum absolute atomic E-state index is 11.6. The summed E-state index contributed by atoms with van der Waals surface area (Å²) >= 11 is 0. The number of carboxylic acids is 1. The molecule has 0 saturated carbocycles. The number of carbonyl (C=O) groups excluding carboxylic acids is 1. The highest BCUT2D eigenvalue weighted by Crippen LogP contribution is 2.16. The van der Waals surface area contributed by atoms with E-state index in [1.807, 2.05) is 38.1 Å². The number of carbonyl (C=O) groups is 2. The third-order valence-electron chi connectivity index (χ3n) is 2.84. The van der Waals surface area contributed by atoms with Gasteiger partial charge in [0, 0.05) is 0 Å². The summed E-state index contributed by atoms with van der Waals surface area (Å²) in [7, 11) is 0. The molecule has 0 spiro atoms. The lowest BCUT2D eigenvalue weighted by Crippen LogP contribution is -2.33. The van der Waals surface area contributed by atoms with E-state index >= 15 is 0 Å². The Bertz CT molecular complexity index is 459. The maximum Gasteiger partial charge on any atom is 0.332 e. The molecule has 0 heterocycles. The second-order valence-corrected chi connectivity index (χ2v) is 4.44. The summed E-state index contributed by atoms with van der Waals surface area (Å²) in [6.07, 6.45) is -0.987. The Hall–Kier alpha value is -1.88. The molecule has 1 rings (SSSR count). The minimum atomic E-state index is -1.08. The topological polar surface area (TPSA) is 75.6 Å². The lowest BCUT2D eigenvalue weighted by molar-refractivity contribution is -0.150. The van der Waals surface area contributed by atoms with E-state index in [1.165, 1.54) is 6.92 Å². The zero-order chi connectivity index (χ0) is 14.4. The first-order chi connectivity index (χ1) is 8.91. The van der Waals surface area contributed by atoms with Gasteiger partial charge in [-0.2, -0.15) is 0 Å². The number of aliphatic carboxylic acids is 1. The Kier molecular flexibility index (Phi) is 5.51. The SMILES string of the molecule is Cc1ccccc1C(C)NC(=O)CO[C@@H](C)C(=O)O. The summed E-state index contributed by atoms with van der Waals surface area (Å²) < 4.78 is 4.92. The molecule has 5 heteroatoms. The van der Waals surface area contributed by atoms with Crippen LogP contribution in [0, 0.1) is 6.92 Å². The van der Waals surface area contributed by atoms with Gasteiger partial charge in [-0.05, 0) is 31.9 Å². The van der Waals surface area contributed by atoms with Crippen molar-refractivity contribution in [1.82, 2.24) is 5.32 Å². The first-order valence-corrected chi connectivity index (χ1v) is 6.11. The van der Waals surface area contributed by atoms with Crippen molar-refractivity contribution in [2.45, 2.75) is 32.9 Å². The van der Waals surface area contributed by atoms with Crippen molar-refractivity contribution in [3.63, 3.8) is 0 Å². The molecule has 0 saturated heterocycles. The third kappa shape index (κ3) is 4.71. The van der Waals surface area contributed by atoms with E-state index in [2.05, 4.69) is 5.32 Å². The van der Waals surface area contributed by atoms with E-state index in [9.17, 15) is 9.59 Å². The van der Waals surface area contributed by atoms with E-state index in [1.54, 1.807) is 0 Å². The number of hydrogen-bond acceptors (Lipinski definition) is 3. The minimum absolute atomic E-state index is 0.141. The molecule has 1 aromatic carbocycles. The molecule has 104 valence electrons. The Labute approximate surface area is 112 Å². The molecule has 0 aliphatic heterocycles. The first kappa shape index (κ1) is 15.2. The zero-order valence-electron chi connectivity index (χ0n) is 11.3. The normalized spacial score (nSPS) is 13.6. The van der Waals surface area contributed by atoms with Gasteiger partial charge >= 0.3 is 5.97 Å². The molecule has 5 nitrogen and oxygen atoms in total. The molecule has 0 aromatic heterocycles. The van der Waals surface area contributed by atoms with Crippen molar-refractivity contribution >= 4 is 11.9 Å². The number of rotatable bonds is 6. The second kappa shape index (κ2) is 6.89. The highest BCUT2D eigenvalue weighted by molar-refractivity contribution is 5.78. The molecule has 19 heavy (non-hydrogen) atoms. The summed E-state index contributed by atoms with van der Waals surface area (Å²) in [6.45, 7) is 4.98. The summed E-state index contributed by atoms with van der Waals surface area (Å²) in [5.74, 6) is -1.41. The molecule has 0 bridgehead atoms. The molecule has 1 aromatic rings. The van der Waals surface area contributed by atoms with E-state index < -0.39 is 12.1 Å². The Morgan fingerprint density at radius 2 is 1.95 bits per heavy atom. The Morgan fingerprint density at radius 1 is 1.32 bits per heavy atom. The van der Waals surface area contributed by atoms with Gasteiger partial charge in [-0.3, -0.25) is 4.79 Å². The van der Waals surface area contributed by atoms with Crippen molar-refractivity contribution in [3.8, 4) is 0 Å². The lowest BCUT2D eigenvalue weighted by atomic mass is 10.0. The first-order valence-electron chi connectivity index (χ1n) is 6.11. The van der Waals surface area contributed by atoms with Gasteiger partial charge < -0.3 is 15.2 Å². The number of ether oxygens (including phenoxy) is 1. The van der Waals surface area contributed by atoms with Crippen LogP contribution >= 0.6 is 0 Å². The van der Waals surface area contributed by atoms with Crippen molar-refractivity contribution in [2.75, 3.05) is 6.61 Å². The van der Waals surface area contributed by atoms with Crippen molar-refractivity contribution in [2.24, 2.45) is 0 Å². The van der Waals surface area contributed by atoms with Crippen LogP contribution in [0.1, 0.15) is 31.0 Å². The summed E-state index contributed by atoms with van der Waals surface area (Å²) in [5, 5.41) is 11.4.